The Balaban J connectivity index is 1.73. The van der Waals surface area contributed by atoms with Gasteiger partial charge in [-0.1, -0.05) is 32.4 Å². The highest BCUT2D eigenvalue weighted by Crippen LogP contribution is 2.34. The third-order valence-electron chi connectivity index (χ3n) is 5.62. The summed E-state index contributed by atoms with van der Waals surface area (Å²) < 4.78 is 13.3. The minimum atomic E-state index is -0.193. The van der Waals surface area contributed by atoms with Gasteiger partial charge in [0, 0.05) is 32.0 Å². The average Bonchev–Trinajstić information content (AvgIpc) is 3.00. The van der Waals surface area contributed by atoms with Crippen molar-refractivity contribution in [2.24, 2.45) is 11.8 Å². The summed E-state index contributed by atoms with van der Waals surface area (Å²) in [4.78, 5) is 17.2. The van der Waals surface area contributed by atoms with Gasteiger partial charge in [0.1, 0.15) is 5.82 Å². The zero-order valence-corrected chi connectivity index (χ0v) is 15.6. The van der Waals surface area contributed by atoms with Gasteiger partial charge in [0.25, 0.3) is 0 Å². The fraction of sp³-hybridized carbons (Fsp3) is 0.667. The minimum absolute atomic E-state index is 0.193. The van der Waals surface area contributed by atoms with Crippen molar-refractivity contribution in [2.45, 2.75) is 45.4 Å². The molecular formula is C21H31FN2O. The van der Waals surface area contributed by atoms with Crippen LogP contribution in [0.15, 0.2) is 24.3 Å². The monoisotopic (exact) mass is 346 g/mol. The number of halogens is 1. The molecule has 2 fully saturated rings. The van der Waals surface area contributed by atoms with Gasteiger partial charge in [-0.05, 0) is 55.5 Å². The lowest BCUT2D eigenvalue weighted by molar-refractivity contribution is -0.131. The summed E-state index contributed by atoms with van der Waals surface area (Å²) >= 11 is 0. The summed E-state index contributed by atoms with van der Waals surface area (Å²) in [5, 5.41) is 0. The van der Waals surface area contributed by atoms with Crippen molar-refractivity contribution in [2.75, 3.05) is 32.7 Å². The number of amides is 1. The van der Waals surface area contributed by atoms with Crippen molar-refractivity contribution in [1.29, 1.82) is 0 Å². The van der Waals surface area contributed by atoms with Gasteiger partial charge in [-0.25, -0.2) is 4.39 Å². The lowest BCUT2D eigenvalue weighted by Gasteiger charge is -2.31. The van der Waals surface area contributed by atoms with Crippen LogP contribution in [0.25, 0.3) is 0 Å². The van der Waals surface area contributed by atoms with Crippen LogP contribution in [0, 0.1) is 17.7 Å². The van der Waals surface area contributed by atoms with Gasteiger partial charge in [-0.15, -0.1) is 0 Å². The van der Waals surface area contributed by atoms with Crippen molar-refractivity contribution in [3.8, 4) is 0 Å². The van der Waals surface area contributed by atoms with Gasteiger partial charge < -0.3 is 9.80 Å². The van der Waals surface area contributed by atoms with E-state index in [1.165, 1.54) is 37.9 Å². The maximum atomic E-state index is 13.3. The van der Waals surface area contributed by atoms with E-state index >= 15 is 0 Å². The van der Waals surface area contributed by atoms with Crippen LogP contribution in [-0.4, -0.2) is 48.4 Å². The fourth-order valence-corrected chi connectivity index (χ4v) is 4.30. The van der Waals surface area contributed by atoms with Crippen molar-refractivity contribution in [1.82, 2.24) is 9.80 Å². The van der Waals surface area contributed by atoms with E-state index in [1.807, 2.05) is 17.0 Å². The van der Waals surface area contributed by atoms with Gasteiger partial charge in [0.05, 0.1) is 0 Å². The molecule has 138 valence electrons. The highest BCUT2D eigenvalue weighted by molar-refractivity contribution is 5.76. The predicted molar refractivity (Wildman–Crippen MR) is 99.0 cm³/mol. The summed E-state index contributed by atoms with van der Waals surface area (Å²) in [6.07, 6.45) is 4.52. The Morgan fingerprint density at radius 1 is 1.12 bits per heavy atom. The number of carbonyl (C=O) groups excluding carboxylic acids is 1. The van der Waals surface area contributed by atoms with Crippen LogP contribution in [0.4, 0.5) is 4.39 Å². The minimum Gasteiger partial charge on any atom is -0.342 e. The lowest BCUT2D eigenvalue weighted by Crippen LogP contribution is -2.37. The topological polar surface area (TPSA) is 23.6 Å². The van der Waals surface area contributed by atoms with Crippen molar-refractivity contribution >= 4 is 5.91 Å². The molecule has 0 saturated carbocycles. The zero-order chi connectivity index (χ0) is 17.8. The maximum Gasteiger partial charge on any atom is 0.222 e. The summed E-state index contributed by atoms with van der Waals surface area (Å²) in [6.45, 7) is 9.19. The van der Waals surface area contributed by atoms with E-state index in [0.717, 1.165) is 19.6 Å². The van der Waals surface area contributed by atoms with Crippen LogP contribution in [0.1, 0.15) is 51.0 Å². The first-order chi connectivity index (χ1) is 12.0. The highest BCUT2D eigenvalue weighted by Gasteiger charge is 2.37. The Labute approximate surface area is 151 Å². The van der Waals surface area contributed by atoms with Gasteiger partial charge in [0.15, 0.2) is 0 Å². The molecule has 0 bridgehead atoms. The van der Waals surface area contributed by atoms with Crippen LogP contribution >= 0.6 is 0 Å². The van der Waals surface area contributed by atoms with Crippen LogP contribution in [0.3, 0.4) is 0 Å². The Morgan fingerprint density at radius 2 is 1.80 bits per heavy atom. The van der Waals surface area contributed by atoms with E-state index in [9.17, 15) is 9.18 Å². The van der Waals surface area contributed by atoms with Crippen LogP contribution in [-0.2, 0) is 4.79 Å². The standard InChI is InChI=1S/C21H31FN2O/c1-16(2)12-21(25)24-14-18(13-23-10-4-3-5-11-23)20(15-24)17-6-8-19(22)9-7-17/h6-9,16,18,20H,3-5,10-15H2,1-2H3/t18-,20-/m1/s1. The molecule has 1 aromatic carbocycles. The summed E-state index contributed by atoms with van der Waals surface area (Å²) in [7, 11) is 0. The van der Waals surface area contributed by atoms with Gasteiger partial charge >= 0.3 is 0 Å². The molecule has 2 heterocycles. The Kier molecular flexibility index (Phi) is 6.10. The first kappa shape index (κ1) is 18.4. The summed E-state index contributed by atoms with van der Waals surface area (Å²) in [6, 6.07) is 6.90. The molecule has 2 aliphatic heterocycles. The quantitative estimate of drug-likeness (QED) is 0.807. The number of likely N-dealkylation sites (tertiary alicyclic amines) is 2. The van der Waals surface area contributed by atoms with E-state index < -0.39 is 0 Å². The molecule has 0 spiro atoms. The first-order valence-corrected chi connectivity index (χ1v) is 9.78. The smallest absolute Gasteiger partial charge is 0.222 e. The molecule has 0 N–H and O–H groups in total. The van der Waals surface area contributed by atoms with Crippen molar-refractivity contribution < 1.29 is 9.18 Å². The SMILES string of the molecule is CC(C)CC(=O)N1C[C@@H](CN2CCCCC2)[C@@H](c2ccc(F)cc2)C1. The molecule has 0 unspecified atom stereocenters. The Bertz CT molecular complexity index is 566. The van der Waals surface area contributed by atoms with E-state index in [4.69, 9.17) is 0 Å². The molecule has 3 rings (SSSR count). The van der Waals surface area contributed by atoms with Crippen LogP contribution in [0.5, 0.6) is 0 Å². The van der Waals surface area contributed by atoms with E-state index in [2.05, 4.69) is 18.7 Å². The Hall–Kier alpha value is -1.42. The molecule has 2 aliphatic rings. The van der Waals surface area contributed by atoms with E-state index in [1.54, 1.807) is 12.1 Å². The summed E-state index contributed by atoms with van der Waals surface area (Å²) in [5.74, 6) is 1.22. The second-order valence-corrected chi connectivity index (χ2v) is 8.18. The van der Waals surface area contributed by atoms with Crippen LogP contribution in [0.2, 0.25) is 0 Å². The van der Waals surface area contributed by atoms with Crippen LogP contribution < -0.4 is 0 Å². The second kappa shape index (κ2) is 8.31. The largest absolute Gasteiger partial charge is 0.342 e. The lowest BCUT2D eigenvalue weighted by atomic mass is 9.88. The molecule has 25 heavy (non-hydrogen) atoms. The first-order valence-electron chi connectivity index (χ1n) is 9.78. The molecule has 1 amide bonds. The van der Waals surface area contributed by atoms with Crippen molar-refractivity contribution in [3.63, 3.8) is 0 Å². The molecule has 0 aromatic heterocycles. The fourth-order valence-electron chi connectivity index (χ4n) is 4.30. The third kappa shape index (κ3) is 4.81. The number of hydrogen-bond donors (Lipinski definition) is 0. The number of hydrogen-bond acceptors (Lipinski definition) is 2. The third-order valence-corrected chi connectivity index (χ3v) is 5.62. The van der Waals surface area contributed by atoms with E-state index in [0.29, 0.717) is 24.2 Å². The molecule has 1 aromatic rings. The Morgan fingerprint density at radius 3 is 2.44 bits per heavy atom. The number of benzene rings is 1. The molecule has 0 aliphatic carbocycles. The second-order valence-electron chi connectivity index (χ2n) is 8.18. The van der Waals surface area contributed by atoms with Gasteiger partial charge in [-0.2, -0.15) is 0 Å². The molecule has 4 heteroatoms. The van der Waals surface area contributed by atoms with Gasteiger partial charge in [-0.3, -0.25) is 4.79 Å². The predicted octanol–water partition coefficient (Wildman–Crippen LogP) is 3.90. The number of rotatable bonds is 5. The average molecular weight is 346 g/mol. The zero-order valence-electron chi connectivity index (χ0n) is 15.6. The van der Waals surface area contributed by atoms with E-state index in [-0.39, 0.29) is 11.7 Å². The molecule has 3 nitrogen and oxygen atoms in total. The molecule has 0 radical (unpaired) electrons. The van der Waals surface area contributed by atoms with Crippen molar-refractivity contribution in [3.05, 3.63) is 35.6 Å². The number of nitrogens with zero attached hydrogens (tertiary/aromatic N) is 2. The number of piperidine rings is 1. The normalized spacial score (nSPS) is 24.9. The maximum absolute atomic E-state index is 13.3. The molecule has 2 saturated heterocycles. The summed E-state index contributed by atoms with van der Waals surface area (Å²) in [5.41, 5.74) is 1.17. The molecular weight excluding hydrogens is 315 g/mol. The number of carbonyl (C=O) groups is 1. The van der Waals surface area contributed by atoms with Gasteiger partial charge in [0.2, 0.25) is 5.91 Å². The highest BCUT2D eigenvalue weighted by atomic mass is 19.1. The molecule has 2 atom stereocenters.